The molecule has 2 aromatic heterocycles. The van der Waals surface area contributed by atoms with Crippen molar-refractivity contribution in [3.63, 3.8) is 0 Å². The number of ether oxygens (including phenoxy) is 2. The molecule has 9 heteroatoms. The van der Waals surface area contributed by atoms with Crippen molar-refractivity contribution in [1.29, 1.82) is 0 Å². The predicted molar refractivity (Wildman–Crippen MR) is 131 cm³/mol. The molecule has 8 nitrogen and oxygen atoms in total. The number of amides is 1. The summed E-state index contributed by atoms with van der Waals surface area (Å²) in [6, 6.07) is 15.4. The molecule has 33 heavy (non-hydrogen) atoms. The van der Waals surface area contributed by atoms with E-state index >= 15 is 0 Å². The van der Waals surface area contributed by atoms with Crippen LogP contribution in [0.1, 0.15) is 18.2 Å². The van der Waals surface area contributed by atoms with Crippen LogP contribution in [0.15, 0.2) is 48.5 Å². The summed E-state index contributed by atoms with van der Waals surface area (Å²) in [5.41, 5.74) is 3.52. The number of carbonyl (C=O) groups excluding carboxylic acids is 1. The molecule has 1 amide bonds. The number of rotatable bonds is 9. The maximum absolute atomic E-state index is 12.6. The zero-order valence-electron chi connectivity index (χ0n) is 19.2. The number of nitrogens with one attached hydrogen (secondary N) is 1. The van der Waals surface area contributed by atoms with Crippen molar-refractivity contribution in [3.8, 4) is 17.2 Å². The highest BCUT2D eigenvalue weighted by Gasteiger charge is 2.18. The first-order valence-corrected chi connectivity index (χ1v) is 11.5. The maximum atomic E-state index is 12.6. The highest BCUT2D eigenvalue weighted by molar-refractivity contribution is 7.22. The Hall–Kier alpha value is -3.59. The van der Waals surface area contributed by atoms with Crippen LogP contribution in [0.25, 0.3) is 16.0 Å². The number of benzene rings is 2. The van der Waals surface area contributed by atoms with Gasteiger partial charge in [0.25, 0.3) is 0 Å². The van der Waals surface area contributed by atoms with Crippen LogP contribution in [0.4, 0.5) is 5.13 Å². The molecular formula is C24H27N5O3S. The average Bonchev–Trinajstić information content (AvgIpc) is 3.39. The molecule has 1 N–H and O–H groups in total. The van der Waals surface area contributed by atoms with Crippen LogP contribution >= 0.6 is 11.3 Å². The number of methoxy groups -OCH3 is 1. The molecule has 0 atom stereocenters. The standard InChI is InChI=1S/C24H27N5O3S/c1-5-32-20-9-7-6-8-17(20)14-25-21(30)15-28(3)24-26-23-22(33-24)16(2)27-29(23)18-10-12-19(31-4)13-11-18/h6-13H,5,14-15H2,1-4H3,(H,25,30). The van der Waals surface area contributed by atoms with Gasteiger partial charge < -0.3 is 19.7 Å². The molecular weight excluding hydrogens is 438 g/mol. The molecule has 2 aromatic carbocycles. The molecule has 0 unspecified atom stereocenters. The molecule has 0 aliphatic heterocycles. The van der Waals surface area contributed by atoms with E-state index in [-0.39, 0.29) is 12.5 Å². The van der Waals surface area contributed by atoms with Crippen LogP contribution in [-0.2, 0) is 11.3 Å². The van der Waals surface area contributed by atoms with Gasteiger partial charge in [-0.15, -0.1) is 0 Å². The van der Waals surface area contributed by atoms with Crippen molar-refractivity contribution in [1.82, 2.24) is 20.1 Å². The van der Waals surface area contributed by atoms with E-state index in [2.05, 4.69) is 10.4 Å². The zero-order valence-corrected chi connectivity index (χ0v) is 20.0. The summed E-state index contributed by atoms with van der Waals surface area (Å²) in [7, 11) is 3.51. The number of nitrogens with zero attached hydrogens (tertiary/aromatic N) is 4. The lowest BCUT2D eigenvalue weighted by atomic mass is 10.2. The van der Waals surface area contributed by atoms with Gasteiger partial charge in [-0.25, -0.2) is 4.68 Å². The Labute approximate surface area is 196 Å². The number of aromatic nitrogens is 3. The Morgan fingerprint density at radius 2 is 1.94 bits per heavy atom. The van der Waals surface area contributed by atoms with E-state index in [1.54, 1.807) is 7.11 Å². The summed E-state index contributed by atoms with van der Waals surface area (Å²) in [6.45, 7) is 5.10. The van der Waals surface area contributed by atoms with Crippen molar-refractivity contribution in [2.24, 2.45) is 0 Å². The lowest BCUT2D eigenvalue weighted by Gasteiger charge is -2.16. The number of carbonyl (C=O) groups is 1. The quantitative estimate of drug-likeness (QED) is 0.403. The van der Waals surface area contributed by atoms with Gasteiger partial charge in [-0.1, -0.05) is 29.5 Å². The van der Waals surface area contributed by atoms with Gasteiger partial charge in [-0.2, -0.15) is 10.1 Å². The van der Waals surface area contributed by atoms with E-state index < -0.39 is 0 Å². The minimum Gasteiger partial charge on any atom is -0.497 e. The summed E-state index contributed by atoms with van der Waals surface area (Å²) >= 11 is 1.53. The lowest BCUT2D eigenvalue weighted by Crippen LogP contribution is -2.34. The van der Waals surface area contributed by atoms with Crippen LogP contribution in [0.5, 0.6) is 11.5 Å². The number of fused-ring (bicyclic) bond motifs is 1. The Balaban J connectivity index is 1.46. The molecule has 0 fully saturated rings. The Bertz CT molecular complexity index is 1250. The molecule has 4 rings (SSSR count). The number of aryl methyl sites for hydroxylation is 1. The smallest absolute Gasteiger partial charge is 0.239 e. The summed E-state index contributed by atoms with van der Waals surface area (Å²) in [4.78, 5) is 19.2. The molecule has 0 radical (unpaired) electrons. The molecule has 0 aliphatic rings. The van der Waals surface area contributed by atoms with E-state index in [4.69, 9.17) is 14.5 Å². The molecule has 2 heterocycles. The first kappa shape index (κ1) is 22.6. The highest BCUT2D eigenvalue weighted by atomic mass is 32.1. The van der Waals surface area contributed by atoms with Gasteiger partial charge in [-0.05, 0) is 44.2 Å². The summed E-state index contributed by atoms with van der Waals surface area (Å²) in [6.07, 6.45) is 0. The average molecular weight is 466 g/mol. The van der Waals surface area contributed by atoms with Crippen molar-refractivity contribution < 1.29 is 14.3 Å². The van der Waals surface area contributed by atoms with Crippen molar-refractivity contribution in [2.45, 2.75) is 20.4 Å². The van der Waals surface area contributed by atoms with E-state index in [9.17, 15) is 4.79 Å². The van der Waals surface area contributed by atoms with Gasteiger partial charge >= 0.3 is 0 Å². The Kier molecular flexibility index (Phi) is 6.79. The second kappa shape index (κ2) is 9.91. The number of thiazole rings is 1. The van der Waals surface area contributed by atoms with Crippen LogP contribution in [0, 0.1) is 6.92 Å². The number of anilines is 1. The number of para-hydroxylation sites is 1. The Morgan fingerprint density at radius 3 is 2.67 bits per heavy atom. The van der Waals surface area contributed by atoms with E-state index in [1.165, 1.54) is 11.3 Å². The summed E-state index contributed by atoms with van der Waals surface area (Å²) in [5.74, 6) is 1.49. The normalized spacial score (nSPS) is 10.9. The van der Waals surface area contributed by atoms with E-state index in [0.717, 1.165) is 43.9 Å². The molecule has 0 aliphatic carbocycles. The number of hydrogen-bond donors (Lipinski definition) is 1. The van der Waals surface area contributed by atoms with Gasteiger partial charge in [0.15, 0.2) is 10.8 Å². The third-order valence-corrected chi connectivity index (χ3v) is 6.42. The lowest BCUT2D eigenvalue weighted by molar-refractivity contribution is -0.119. The van der Waals surface area contributed by atoms with Gasteiger partial charge in [0, 0.05) is 19.2 Å². The van der Waals surface area contributed by atoms with Gasteiger partial charge in [0.1, 0.15) is 11.5 Å². The fourth-order valence-electron chi connectivity index (χ4n) is 3.47. The van der Waals surface area contributed by atoms with Crippen LogP contribution < -0.4 is 19.7 Å². The van der Waals surface area contributed by atoms with Crippen molar-refractivity contribution in [3.05, 3.63) is 59.8 Å². The second-order valence-electron chi connectivity index (χ2n) is 7.52. The monoisotopic (exact) mass is 465 g/mol. The van der Waals surface area contributed by atoms with Gasteiger partial charge in [0.05, 0.1) is 36.3 Å². The third-order valence-electron chi connectivity index (χ3n) is 5.15. The third kappa shape index (κ3) is 4.93. The fraction of sp³-hybridized carbons (Fsp3) is 0.292. The molecule has 0 saturated heterocycles. The summed E-state index contributed by atoms with van der Waals surface area (Å²) < 4.78 is 13.7. The topological polar surface area (TPSA) is 81.5 Å². The minimum atomic E-state index is -0.0865. The first-order valence-electron chi connectivity index (χ1n) is 10.7. The molecule has 0 bridgehead atoms. The number of hydrogen-bond acceptors (Lipinski definition) is 7. The molecule has 0 saturated carbocycles. The van der Waals surface area contributed by atoms with Crippen molar-refractivity contribution in [2.75, 3.05) is 32.2 Å². The van der Waals surface area contributed by atoms with Crippen LogP contribution in [-0.4, -0.2) is 48.0 Å². The molecule has 172 valence electrons. The minimum absolute atomic E-state index is 0.0865. The zero-order chi connectivity index (χ0) is 23.4. The molecule has 4 aromatic rings. The van der Waals surface area contributed by atoms with Crippen molar-refractivity contribution >= 4 is 32.7 Å². The molecule has 0 spiro atoms. The Morgan fingerprint density at radius 1 is 1.18 bits per heavy atom. The maximum Gasteiger partial charge on any atom is 0.239 e. The van der Waals surface area contributed by atoms with Crippen LogP contribution in [0.3, 0.4) is 0 Å². The highest BCUT2D eigenvalue weighted by Crippen LogP contribution is 2.32. The van der Waals surface area contributed by atoms with E-state index in [0.29, 0.717) is 13.2 Å². The fourth-order valence-corrected chi connectivity index (χ4v) is 4.42. The second-order valence-corrected chi connectivity index (χ2v) is 8.50. The number of likely N-dealkylation sites (N-methyl/N-ethyl adjacent to an activating group) is 1. The largest absolute Gasteiger partial charge is 0.497 e. The summed E-state index contributed by atoms with van der Waals surface area (Å²) in [5, 5.41) is 8.37. The van der Waals surface area contributed by atoms with Crippen LogP contribution in [0.2, 0.25) is 0 Å². The predicted octanol–water partition coefficient (Wildman–Crippen LogP) is 3.95. The first-order chi connectivity index (χ1) is 16.0. The van der Waals surface area contributed by atoms with E-state index in [1.807, 2.05) is 79.0 Å². The van der Waals surface area contributed by atoms with Gasteiger partial charge in [0.2, 0.25) is 5.91 Å². The SMILES string of the molecule is CCOc1ccccc1CNC(=O)CN(C)c1nc2c(s1)c(C)nn2-c1ccc(OC)cc1. The van der Waals surface area contributed by atoms with Gasteiger partial charge in [-0.3, -0.25) is 4.79 Å².